The molecule has 1 heteroatoms. The fourth-order valence-electron chi connectivity index (χ4n) is 1.77. The first-order valence-electron chi connectivity index (χ1n) is 5.83. The molecular weight excluding hydrogens is 182 g/mol. The summed E-state index contributed by atoms with van der Waals surface area (Å²) in [5.41, 5.74) is 4.09. The molecule has 0 saturated carbocycles. The summed E-state index contributed by atoms with van der Waals surface area (Å²) in [4.78, 5) is 2.20. The Balaban J connectivity index is 0.000000921. The van der Waals surface area contributed by atoms with Crippen LogP contribution in [0.5, 0.6) is 0 Å². The van der Waals surface area contributed by atoms with E-state index in [-0.39, 0.29) is 0 Å². The van der Waals surface area contributed by atoms with Gasteiger partial charge in [-0.05, 0) is 50.6 Å². The Bertz CT molecular complexity index is 257. The lowest BCUT2D eigenvalue weighted by atomic mass is 9.89. The molecule has 1 aliphatic carbocycles. The van der Waals surface area contributed by atoms with Crippen LogP contribution in [0.25, 0.3) is 0 Å². The van der Waals surface area contributed by atoms with E-state index >= 15 is 0 Å². The van der Waals surface area contributed by atoms with Crippen LogP contribution in [0.2, 0.25) is 0 Å². The largest absolute Gasteiger partial charge is 0.305 e. The van der Waals surface area contributed by atoms with Crippen molar-refractivity contribution in [3.8, 4) is 0 Å². The van der Waals surface area contributed by atoms with Gasteiger partial charge < -0.3 is 4.90 Å². The molecule has 1 aliphatic rings. The van der Waals surface area contributed by atoms with Crippen LogP contribution in [0, 0.1) is 0 Å². The van der Waals surface area contributed by atoms with Crippen molar-refractivity contribution >= 4 is 0 Å². The van der Waals surface area contributed by atoms with E-state index in [1.165, 1.54) is 16.7 Å². The maximum Gasteiger partial charge on any atom is 0.0230 e. The van der Waals surface area contributed by atoms with Gasteiger partial charge >= 0.3 is 0 Å². The van der Waals surface area contributed by atoms with Gasteiger partial charge in [0.25, 0.3) is 0 Å². The van der Waals surface area contributed by atoms with Gasteiger partial charge in [-0.1, -0.05) is 32.6 Å². The Morgan fingerprint density at radius 1 is 1.40 bits per heavy atom. The van der Waals surface area contributed by atoms with Gasteiger partial charge in [0.1, 0.15) is 0 Å². The molecule has 0 N–H and O–H groups in total. The van der Waals surface area contributed by atoms with Gasteiger partial charge in [0.15, 0.2) is 0 Å². The fraction of sp³-hybridized carbons (Fsp3) is 0.571. The third kappa shape index (κ3) is 4.48. The third-order valence-corrected chi connectivity index (χ3v) is 2.34. The number of nitrogens with zero attached hydrogens (tertiary/aromatic N) is 1. The molecule has 0 unspecified atom stereocenters. The van der Waals surface area contributed by atoms with Crippen LogP contribution in [0.3, 0.4) is 0 Å². The van der Waals surface area contributed by atoms with E-state index in [0.29, 0.717) is 0 Å². The van der Waals surface area contributed by atoms with Gasteiger partial charge in [0.05, 0.1) is 0 Å². The summed E-state index contributed by atoms with van der Waals surface area (Å²) in [6.45, 7) is 11.2. The smallest absolute Gasteiger partial charge is 0.0230 e. The van der Waals surface area contributed by atoms with Crippen molar-refractivity contribution in [1.29, 1.82) is 0 Å². The van der Waals surface area contributed by atoms with Crippen LogP contribution >= 0.6 is 0 Å². The molecule has 0 saturated heterocycles. The molecule has 15 heavy (non-hydrogen) atoms. The summed E-state index contributed by atoms with van der Waals surface area (Å²) in [6.07, 6.45) is 6.79. The van der Waals surface area contributed by atoms with Gasteiger partial charge in [0, 0.05) is 6.54 Å². The highest BCUT2D eigenvalue weighted by Gasteiger charge is 2.12. The Kier molecular flexibility index (Phi) is 7.06. The lowest BCUT2D eigenvalue weighted by Crippen LogP contribution is -2.18. The van der Waals surface area contributed by atoms with E-state index in [9.17, 15) is 0 Å². The summed E-state index contributed by atoms with van der Waals surface area (Å²) in [7, 11) is 4.21. The summed E-state index contributed by atoms with van der Waals surface area (Å²) in [5, 5.41) is 0. The molecule has 0 aromatic heterocycles. The van der Waals surface area contributed by atoms with Crippen LogP contribution < -0.4 is 0 Å². The van der Waals surface area contributed by atoms with E-state index in [2.05, 4.69) is 44.6 Å². The second-order valence-corrected chi connectivity index (χ2v) is 3.81. The fourth-order valence-corrected chi connectivity index (χ4v) is 1.77. The molecule has 0 amide bonds. The molecule has 1 nitrogen and oxygen atoms in total. The number of likely N-dealkylation sites (N-methyl/N-ethyl adjacent to an activating group) is 1. The summed E-state index contributed by atoms with van der Waals surface area (Å²) in [6, 6.07) is 0. The molecule has 0 bridgehead atoms. The quantitative estimate of drug-likeness (QED) is 0.666. The number of hydrogen-bond donors (Lipinski definition) is 0. The highest BCUT2D eigenvalue weighted by molar-refractivity contribution is 5.48. The maximum atomic E-state index is 4.10. The molecule has 0 aromatic carbocycles. The van der Waals surface area contributed by atoms with Crippen LogP contribution in [0.15, 0.2) is 35.5 Å². The van der Waals surface area contributed by atoms with Crippen molar-refractivity contribution in [3.63, 3.8) is 0 Å². The van der Waals surface area contributed by atoms with Gasteiger partial charge in [-0.25, -0.2) is 0 Å². The molecule has 0 aromatic rings. The average molecular weight is 207 g/mol. The maximum absolute atomic E-state index is 4.10. The average Bonchev–Trinajstić information content (AvgIpc) is 2.20. The second-order valence-electron chi connectivity index (χ2n) is 3.81. The Morgan fingerprint density at radius 2 is 2.00 bits per heavy atom. The zero-order chi connectivity index (χ0) is 11.8. The molecule has 0 heterocycles. The molecule has 0 spiro atoms. The molecule has 1 rings (SSSR count). The van der Waals surface area contributed by atoms with E-state index in [4.69, 9.17) is 0 Å². The lowest BCUT2D eigenvalue weighted by Gasteiger charge is -2.22. The Hall–Kier alpha value is -0.820. The van der Waals surface area contributed by atoms with Crippen molar-refractivity contribution in [2.24, 2.45) is 0 Å². The standard InChI is InChI=1S/C12H19N.C2H6/c1-5-12-10(2)7-6-8-11(12)9-13(3)4;1-2/h5,8H,2,6-7,9H2,1,3-4H3;1-2H3/b12-5+;. The van der Waals surface area contributed by atoms with Crippen molar-refractivity contribution in [2.75, 3.05) is 20.6 Å². The minimum Gasteiger partial charge on any atom is -0.305 e. The Labute approximate surface area is 95.2 Å². The predicted molar refractivity (Wildman–Crippen MR) is 70.1 cm³/mol. The second kappa shape index (κ2) is 7.47. The molecule has 0 fully saturated rings. The van der Waals surface area contributed by atoms with Gasteiger partial charge in [0.2, 0.25) is 0 Å². The lowest BCUT2D eigenvalue weighted by molar-refractivity contribution is 0.445. The zero-order valence-electron chi connectivity index (χ0n) is 10.9. The van der Waals surface area contributed by atoms with Crippen LogP contribution in [0.1, 0.15) is 33.6 Å². The topological polar surface area (TPSA) is 3.24 Å². The summed E-state index contributed by atoms with van der Waals surface area (Å²) in [5.74, 6) is 0. The highest BCUT2D eigenvalue weighted by atomic mass is 15.0. The Morgan fingerprint density at radius 3 is 2.47 bits per heavy atom. The van der Waals surface area contributed by atoms with E-state index < -0.39 is 0 Å². The van der Waals surface area contributed by atoms with Crippen LogP contribution in [-0.4, -0.2) is 25.5 Å². The summed E-state index contributed by atoms with van der Waals surface area (Å²) >= 11 is 0. The van der Waals surface area contributed by atoms with E-state index in [1.54, 1.807) is 0 Å². The van der Waals surface area contributed by atoms with E-state index in [1.807, 2.05) is 13.8 Å². The minimum atomic E-state index is 1.03. The molecule has 86 valence electrons. The van der Waals surface area contributed by atoms with Gasteiger partial charge in [-0.15, -0.1) is 0 Å². The molecule has 0 aliphatic heterocycles. The van der Waals surface area contributed by atoms with Gasteiger partial charge in [-0.3, -0.25) is 0 Å². The highest BCUT2D eigenvalue weighted by Crippen LogP contribution is 2.28. The third-order valence-electron chi connectivity index (χ3n) is 2.34. The minimum absolute atomic E-state index is 1.03. The number of hydrogen-bond acceptors (Lipinski definition) is 1. The van der Waals surface area contributed by atoms with Gasteiger partial charge in [-0.2, -0.15) is 0 Å². The first-order chi connectivity index (χ1) is 7.15. The number of rotatable bonds is 2. The predicted octanol–water partition coefficient (Wildman–Crippen LogP) is 3.80. The normalized spacial score (nSPS) is 18.7. The molecular formula is C14H25N. The zero-order valence-corrected chi connectivity index (χ0v) is 10.9. The first-order valence-corrected chi connectivity index (χ1v) is 5.83. The summed E-state index contributed by atoms with van der Waals surface area (Å²) < 4.78 is 0. The van der Waals surface area contributed by atoms with E-state index in [0.717, 1.165) is 19.4 Å². The van der Waals surface area contributed by atoms with Crippen molar-refractivity contribution in [3.05, 3.63) is 35.5 Å². The number of allylic oxidation sites excluding steroid dienone is 3. The molecule has 0 atom stereocenters. The van der Waals surface area contributed by atoms with Crippen LogP contribution in [-0.2, 0) is 0 Å². The van der Waals surface area contributed by atoms with Crippen molar-refractivity contribution in [2.45, 2.75) is 33.6 Å². The van der Waals surface area contributed by atoms with Crippen molar-refractivity contribution < 1.29 is 0 Å². The SMILES string of the molecule is C=C1CCC=C(CN(C)C)/C1=C/C.CC. The first kappa shape index (κ1) is 14.2. The van der Waals surface area contributed by atoms with Crippen molar-refractivity contribution in [1.82, 2.24) is 4.90 Å². The monoisotopic (exact) mass is 207 g/mol. The van der Waals surface area contributed by atoms with Crippen LogP contribution in [0.4, 0.5) is 0 Å². The molecule has 0 radical (unpaired) electrons.